The highest BCUT2D eigenvalue weighted by molar-refractivity contribution is 4.69. The molecule has 1 heterocycles. The third kappa shape index (κ3) is 1.20. The van der Waals surface area contributed by atoms with Crippen molar-refractivity contribution in [3.05, 3.63) is 0 Å². The van der Waals surface area contributed by atoms with Crippen molar-refractivity contribution in [2.45, 2.75) is 19.9 Å². The quantitative estimate of drug-likeness (QED) is 0.499. The van der Waals surface area contributed by atoms with Gasteiger partial charge in [-0.3, -0.25) is 5.32 Å². The summed E-state index contributed by atoms with van der Waals surface area (Å²) >= 11 is 0. The Bertz CT molecular complexity index is 64.9. The largest absolute Gasteiger partial charge is 0.366 e. The molecule has 1 rings (SSSR count). The van der Waals surface area contributed by atoms with Gasteiger partial charge in [-0.25, -0.2) is 0 Å². The van der Waals surface area contributed by atoms with Crippen molar-refractivity contribution in [3.8, 4) is 0 Å². The van der Waals surface area contributed by atoms with Crippen molar-refractivity contribution in [2.24, 2.45) is 5.92 Å². The second-order valence-electron chi connectivity index (χ2n) is 2.49. The van der Waals surface area contributed by atoms with Crippen LogP contribution >= 0.6 is 0 Å². The molecule has 2 atom stereocenters. The Kier molecular flexibility index (Phi) is 1.86. The maximum atomic E-state index is 5.14. The lowest BCUT2D eigenvalue weighted by atomic mass is 10.0. The minimum atomic E-state index is 0.628. The van der Waals surface area contributed by atoms with Crippen LogP contribution in [0.4, 0.5) is 0 Å². The van der Waals surface area contributed by atoms with Gasteiger partial charge in [-0.15, -0.1) is 0 Å². The van der Waals surface area contributed by atoms with Crippen molar-refractivity contribution in [3.63, 3.8) is 0 Å². The van der Waals surface area contributed by atoms with E-state index in [2.05, 4.69) is 19.2 Å². The van der Waals surface area contributed by atoms with Crippen molar-refractivity contribution in [2.75, 3.05) is 13.3 Å². The van der Waals surface area contributed by atoms with Gasteiger partial charge in [-0.1, -0.05) is 6.92 Å². The van der Waals surface area contributed by atoms with Gasteiger partial charge in [0.25, 0.3) is 0 Å². The van der Waals surface area contributed by atoms with E-state index in [1.54, 1.807) is 0 Å². The smallest absolute Gasteiger partial charge is 0.0967 e. The molecule has 0 saturated carbocycles. The predicted molar refractivity (Wildman–Crippen MR) is 32.6 cm³/mol. The Morgan fingerprint density at radius 1 is 1.50 bits per heavy atom. The molecule has 0 aromatic carbocycles. The highest BCUT2D eigenvalue weighted by Gasteiger charge is 2.15. The molecule has 0 aromatic rings. The summed E-state index contributed by atoms with van der Waals surface area (Å²) in [5.41, 5.74) is 0. The summed E-state index contributed by atoms with van der Waals surface area (Å²) in [6.07, 6.45) is 0. The van der Waals surface area contributed by atoms with Crippen LogP contribution in [0.2, 0.25) is 0 Å². The summed E-state index contributed by atoms with van der Waals surface area (Å²) in [7, 11) is 0. The number of hydrogen-bond acceptors (Lipinski definition) is 2. The molecule has 0 aromatic heterocycles. The number of nitrogens with one attached hydrogen (secondary N) is 1. The normalized spacial score (nSPS) is 39.8. The third-order valence-corrected chi connectivity index (χ3v) is 1.74. The molecule has 0 spiro atoms. The molecule has 48 valence electrons. The molecule has 1 saturated heterocycles. The molecule has 1 aliphatic heterocycles. The molecule has 0 unspecified atom stereocenters. The second kappa shape index (κ2) is 2.46. The van der Waals surface area contributed by atoms with Crippen molar-refractivity contribution in [1.29, 1.82) is 0 Å². The molecular formula is C6H13NO. The van der Waals surface area contributed by atoms with Gasteiger partial charge in [0.15, 0.2) is 0 Å². The van der Waals surface area contributed by atoms with E-state index in [-0.39, 0.29) is 0 Å². The van der Waals surface area contributed by atoms with Gasteiger partial charge in [-0.2, -0.15) is 0 Å². The Hall–Kier alpha value is -0.0800. The zero-order chi connectivity index (χ0) is 5.98. The van der Waals surface area contributed by atoms with Crippen LogP contribution in [0.15, 0.2) is 0 Å². The first-order chi connectivity index (χ1) is 3.80. The minimum absolute atomic E-state index is 0.628. The van der Waals surface area contributed by atoms with Crippen LogP contribution < -0.4 is 5.32 Å². The van der Waals surface area contributed by atoms with E-state index in [0.29, 0.717) is 12.0 Å². The lowest BCUT2D eigenvalue weighted by molar-refractivity contribution is 0.0288. The van der Waals surface area contributed by atoms with Gasteiger partial charge in [0.1, 0.15) is 0 Å². The Balaban J connectivity index is 2.28. The molecule has 2 heteroatoms. The lowest BCUT2D eigenvalue weighted by Gasteiger charge is -2.26. The van der Waals surface area contributed by atoms with E-state index in [1.165, 1.54) is 0 Å². The van der Waals surface area contributed by atoms with Crippen LogP contribution in [0.5, 0.6) is 0 Å². The number of hydrogen-bond donors (Lipinski definition) is 1. The average molecular weight is 115 g/mol. The molecule has 0 bridgehead atoms. The molecule has 0 radical (unpaired) electrons. The summed E-state index contributed by atoms with van der Waals surface area (Å²) in [5.74, 6) is 0.670. The van der Waals surface area contributed by atoms with Crippen LogP contribution in [-0.4, -0.2) is 19.4 Å². The maximum absolute atomic E-state index is 5.14. The maximum Gasteiger partial charge on any atom is 0.0967 e. The van der Waals surface area contributed by atoms with Crippen molar-refractivity contribution in [1.82, 2.24) is 5.32 Å². The van der Waals surface area contributed by atoms with E-state index in [0.717, 1.165) is 13.3 Å². The van der Waals surface area contributed by atoms with Gasteiger partial charge >= 0.3 is 0 Å². The minimum Gasteiger partial charge on any atom is -0.366 e. The molecular weight excluding hydrogens is 102 g/mol. The number of rotatable bonds is 0. The van der Waals surface area contributed by atoms with Crippen molar-refractivity contribution < 1.29 is 4.74 Å². The fraction of sp³-hybridized carbons (Fsp3) is 1.00. The van der Waals surface area contributed by atoms with Crippen LogP contribution in [0.25, 0.3) is 0 Å². The Labute approximate surface area is 50.2 Å². The van der Waals surface area contributed by atoms with E-state index in [9.17, 15) is 0 Å². The van der Waals surface area contributed by atoms with Crippen LogP contribution in [0.3, 0.4) is 0 Å². The van der Waals surface area contributed by atoms with E-state index >= 15 is 0 Å². The van der Waals surface area contributed by atoms with Gasteiger partial charge in [0, 0.05) is 6.04 Å². The SMILES string of the molecule is C[C@@H]1NCOC[C@@H]1C. The standard InChI is InChI=1S/C6H13NO/c1-5-3-8-4-7-6(5)2/h5-7H,3-4H2,1-2H3/t5-,6-/m0/s1. The topological polar surface area (TPSA) is 21.3 Å². The predicted octanol–water partition coefficient (Wildman–Crippen LogP) is 0.588. The lowest BCUT2D eigenvalue weighted by Crippen LogP contribution is -2.41. The van der Waals surface area contributed by atoms with Crippen LogP contribution in [0, 0.1) is 5.92 Å². The van der Waals surface area contributed by atoms with E-state index < -0.39 is 0 Å². The van der Waals surface area contributed by atoms with Crippen LogP contribution in [-0.2, 0) is 4.74 Å². The highest BCUT2D eigenvalue weighted by atomic mass is 16.5. The molecule has 1 aliphatic rings. The molecule has 0 amide bonds. The zero-order valence-corrected chi connectivity index (χ0v) is 5.48. The second-order valence-corrected chi connectivity index (χ2v) is 2.49. The average Bonchev–Trinajstić information content (AvgIpc) is 1.77. The summed E-state index contributed by atoms with van der Waals surface area (Å²) < 4.78 is 5.14. The monoisotopic (exact) mass is 115 g/mol. The number of ether oxygens (including phenoxy) is 1. The Morgan fingerprint density at radius 2 is 2.25 bits per heavy atom. The molecule has 1 fully saturated rings. The van der Waals surface area contributed by atoms with Crippen molar-refractivity contribution >= 4 is 0 Å². The molecule has 2 nitrogen and oxygen atoms in total. The van der Waals surface area contributed by atoms with Gasteiger partial charge < -0.3 is 4.74 Å². The summed E-state index contributed by atoms with van der Waals surface area (Å²) in [6.45, 7) is 6.02. The summed E-state index contributed by atoms with van der Waals surface area (Å²) in [6, 6.07) is 0.628. The van der Waals surface area contributed by atoms with Gasteiger partial charge in [0.05, 0.1) is 13.3 Å². The molecule has 0 aliphatic carbocycles. The first-order valence-electron chi connectivity index (χ1n) is 3.12. The van der Waals surface area contributed by atoms with Crippen LogP contribution in [0.1, 0.15) is 13.8 Å². The summed E-state index contributed by atoms with van der Waals surface area (Å²) in [4.78, 5) is 0. The van der Waals surface area contributed by atoms with E-state index in [1.807, 2.05) is 0 Å². The first kappa shape index (κ1) is 6.05. The Morgan fingerprint density at radius 3 is 2.62 bits per heavy atom. The fourth-order valence-corrected chi connectivity index (χ4v) is 0.781. The third-order valence-electron chi connectivity index (χ3n) is 1.74. The van der Waals surface area contributed by atoms with Gasteiger partial charge in [-0.05, 0) is 12.8 Å². The molecule has 1 N–H and O–H groups in total. The fourth-order valence-electron chi connectivity index (χ4n) is 0.781. The van der Waals surface area contributed by atoms with Gasteiger partial charge in [0.2, 0.25) is 0 Å². The van der Waals surface area contributed by atoms with E-state index in [4.69, 9.17) is 4.74 Å². The first-order valence-corrected chi connectivity index (χ1v) is 3.12. The highest BCUT2D eigenvalue weighted by Crippen LogP contribution is 2.05. The zero-order valence-electron chi connectivity index (χ0n) is 5.48. The summed E-state index contributed by atoms with van der Waals surface area (Å²) in [5, 5.41) is 3.21. The molecule has 8 heavy (non-hydrogen) atoms.